The second-order valence-corrected chi connectivity index (χ2v) is 2.87. The molecule has 3 heteroatoms. The van der Waals surface area contributed by atoms with Crippen molar-refractivity contribution in [1.29, 1.82) is 0 Å². The van der Waals surface area contributed by atoms with Crippen LogP contribution >= 0.6 is 11.6 Å². The van der Waals surface area contributed by atoms with E-state index in [2.05, 4.69) is 5.32 Å². The standard InChI is InChI=1S/C8H11ClN2/c1-5-3-6(9)8(11-2)7(10)4-5/h3-4,11H,10H2,1-2H3. The summed E-state index contributed by atoms with van der Waals surface area (Å²) in [6.45, 7) is 1.96. The summed E-state index contributed by atoms with van der Waals surface area (Å²) in [7, 11) is 1.80. The van der Waals surface area contributed by atoms with Crippen LogP contribution in [0.1, 0.15) is 5.56 Å². The highest BCUT2D eigenvalue weighted by atomic mass is 35.5. The quantitative estimate of drug-likeness (QED) is 0.635. The Morgan fingerprint density at radius 2 is 2.09 bits per heavy atom. The van der Waals surface area contributed by atoms with Crippen LogP contribution in [0, 0.1) is 6.92 Å². The summed E-state index contributed by atoms with van der Waals surface area (Å²) >= 11 is 5.89. The fourth-order valence-electron chi connectivity index (χ4n) is 1.03. The molecule has 0 atom stereocenters. The molecular formula is C8H11ClN2. The summed E-state index contributed by atoms with van der Waals surface area (Å²) in [6.07, 6.45) is 0. The van der Waals surface area contributed by atoms with Crippen LogP contribution in [-0.2, 0) is 0 Å². The summed E-state index contributed by atoms with van der Waals surface area (Å²) < 4.78 is 0. The lowest BCUT2D eigenvalue weighted by molar-refractivity contribution is 1.44. The molecule has 1 rings (SSSR count). The van der Waals surface area contributed by atoms with E-state index in [0.29, 0.717) is 10.7 Å². The largest absolute Gasteiger partial charge is 0.397 e. The molecule has 0 bridgehead atoms. The van der Waals surface area contributed by atoms with E-state index in [-0.39, 0.29) is 0 Å². The van der Waals surface area contributed by atoms with Gasteiger partial charge in [0.25, 0.3) is 0 Å². The van der Waals surface area contributed by atoms with Crippen molar-refractivity contribution in [1.82, 2.24) is 0 Å². The number of aryl methyl sites for hydroxylation is 1. The van der Waals surface area contributed by atoms with E-state index in [4.69, 9.17) is 17.3 Å². The zero-order chi connectivity index (χ0) is 8.43. The number of hydrogen-bond donors (Lipinski definition) is 2. The molecule has 0 unspecified atom stereocenters. The number of rotatable bonds is 1. The number of anilines is 2. The lowest BCUT2D eigenvalue weighted by Gasteiger charge is -2.07. The maximum absolute atomic E-state index is 5.89. The second kappa shape index (κ2) is 3.01. The van der Waals surface area contributed by atoms with Gasteiger partial charge in [0.1, 0.15) is 0 Å². The molecule has 60 valence electrons. The smallest absolute Gasteiger partial charge is 0.0760 e. The normalized spacial score (nSPS) is 9.73. The van der Waals surface area contributed by atoms with Crippen LogP contribution in [0.15, 0.2) is 12.1 Å². The van der Waals surface area contributed by atoms with E-state index in [1.54, 1.807) is 7.05 Å². The first kappa shape index (κ1) is 8.21. The van der Waals surface area contributed by atoms with Gasteiger partial charge in [-0.1, -0.05) is 11.6 Å². The molecule has 1 aromatic carbocycles. The Bertz CT molecular complexity index is 248. The van der Waals surface area contributed by atoms with Gasteiger partial charge in [0.15, 0.2) is 0 Å². The average molecular weight is 171 g/mol. The Kier molecular flexibility index (Phi) is 2.25. The number of nitrogen functional groups attached to an aromatic ring is 1. The molecule has 0 saturated carbocycles. The number of nitrogens with two attached hydrogens (primary N) is 1. The predicted octanol–water partition coefficient (Wildman–Crippen LogP) is 2.27. The van der Waals surface area contributed by atoms with Crippen molar-refractivity contribution in [3.8, 4) is 0 Å². The van der Waals surface area contributed by atoms with Gasteiger partial charge >= 0.3 is 0 Å². The highest BCUT2D eigenvalue weighted by Crippen LogP contribution is 2.28. The van der Waals surface area contributed by atoms with Gasteiger partial charge in [-0.2, -0.15) is 0 Å². The fraction of sp³-hybridized carbons (Fsp3) is 0.250. The molecule has 0 aliphatic heterocycles. The maximum Gasteiger partial charge on any atom is 0.0760 e. The lowest BCUT2D eigenvalue weighted by Crippen LogP contribution is -1.96. The SMILES string of the molecule is CNc1c(N)cc(C)cc1Cl. The second-order valence-electron chi connectivity index (χ2n) is 2.46. The first-order valence-corrected chi connectivity index (χ1v) is 3.76. The molecule has 0 aliphatic carbocycles. The molecule has 11 heavy (non-hydrogen) atoms. The molecule has 3 N–H and O–H groups in total. The molecule has 0 heterocycles. The predicted molar refractivity (Wildman–Crippen MR) is 50.1 cm³/mol. The van der Waals surface area contributed by atoms with Gasteiger partial charge in [0.2, 0.25) is 0 Å². The summed E-state index contributed by atoms with van der Waals surface area (Å²) in [5.74, 6) is 0. The van der Waals surface area contributed by atoms with Crippen molar-refractivity contribution in [3.63, 3.8) is 0 Å². The minimum atomic E-state index is 0.671. The van der Waals surface area contributed by atoms with Gasteiger partial charge < -0.3 is 11.1 Å². The monoisotopic (exact) mass is 170 g/mol. The first-order chi connectivity index (χ1) is 5.15. The number of benzene rings is 1. The van der Waals surface area contributed by atoms with Crippen LogP contribution in [0.2, 0.25) is 5.02 Å². The van der Waals surface area contributed by atoms with Gasteiger partial charge in [-0.25, -0.2) is 0 Å². The fourth-order valence-corrected chi connectivity index (χ4v) is 1.41. The van der Waals surface area contributed by atoms with Crippen LogP contribution < -0.4 is 11.1 Å². The third-order valence-electron chi connectivity index (χ3n) is 1.52. The van der Waals surface area contributed by atoms with Gasteiger partial charge in [0, 0.05) is 7.05 Å². The molecular weight excluding hydrogens is 160 g/mol. The molecule has 0 aliphatic rings. The molecule has 0 fully saturated rings. The number of halogens is 1. The van der Waals surface area contributed by atoms with Gasteiger partial charge in [0.05, 0.1) is 16.4 Å². The topological polar surface area (TPSA) is 38.0 Å². The van der Waals surface area contributed by atoms with E-state index in [1.165, 1.54) is 0 Å². The Morgan fingerprint density at radius 3 is 2.55 bits per heavy atom. The number of hydrogen-bond acceptors (Lipinski definition) is 2. The van der Waals surface area contributed by atoms with Crippen molar-refractivity contribution in [2.24, 2.45) is 0 Å². The molecule has 0 spiro atoms. The van der Waals surface area contributed by atoms with Gasteiger partial charge in [-0.3, -0.25) is 0 Å². The van der Waals surface area contributed by atoms with Crippen molar-refractivity contribution in [2.75, 3.05) is 18.1 Å². The van der Waals surface area contributed by atoms with Gasteiger partial charge in [-0.15, -0.1) is 0 Å². The third-order valence-corrected chi connectivity index (χ3v) is 1.81. The van der Waals surface area contributed by atoms with Crippen LogP contribution in [0.4, 0.5) is 11.4 Å². The van der Waals surface area contributed by atoms with Crippen LogP contribution in [0.5, 0.6) is 0 Å². The van der Waals surface area contributed by atoms with Crippen LogP contribution in [0.25, 0.3) is 0 Å². The van der Waals surface area contributed by atoms with E-state index in [9.17, 15) is 0 Å². The molecule has 0 aromatic heterocycles. The van der Waals surface area contributed by atoms with Crippen LogP contribution in [0.3, 0.4) is 0 Å². The highest BCUT2D eigenvalue weighted by molar-refractivity contribution is 6.34. The van der Waals surface area contributed by atoms with Crippen molar-refractivity contribution in [2.45, 2.75) is 6.92 Å². The minimum Gasteiger partial charge on any atom is -0.397 e. The van der Waals surface area contributed by atoms with Crippen molar-refractivity contribution < 1.29 is 0 Å². The first-order valence-electron chi connectivity index (χ1n) is 3.38. The van der Waals surface area contributed by atoms with E-state index in [0.717, 1.165) is 11.3 Å². The zero-order valence-corrected chi connectivity index (χ0v) is 7.37. The Morgan fingerprint density at radius 1 is 1.45 bits per heavy atom. The van der Waals surface area contributed by atoms with E-state index in [1.807, 2.05) is 19.1 Å². The zero-order valence-electron chi connectivity index (χ0n) is 6.61. The Hall–Kier alpha value is -0.890. The molecule has 0 radical (unpaired) electrons. The molecule has 0 amide bonds. The highest BCUT2D eigenvalue weighted by Gasteiger charge is 2.02. The number of nitrogens with one attached hydrogen (secondary N) is 1. The summed E-state index contributed by atoms with van der Waals surface area (Å²) in [6, 6.07) is 3.77. The average Bonchev–Trinajstić information content (AvgIpc) is 1.85. The summed E-state index contributed by atoms with van der Waals surface area (Å²) in [4.78, 5) is 0. The molecule has 2 nitrogen and oxygen atoms in total. The van der Waals surface area contributed by atoms with E-state index < -0.39 is 0 Å². The molecule has 1 aromatic rings. The third kappa shape index (κ3) is 1.57. The van der Waals surface area contributed by atoms with Gasteiger partial charge in [-0.05, 0) is 24.6 Å². The maximum atomic E-state index is 5.89. The lowest BCUT2D eigenvalue weighted by atomic mass is 10.2. The Labute approximate surface area is 71.4 Å². The van der Waals surface area contributed by atoms with E-state index >= 15 is 0 Å². The molecule has 0 saturated heterocycles. The van der Waals surface area contributed by atoms with Crippen molar-refractivity contribution in [3.05, 3.63) is 22.7 Å². The van der Waals surface area contributed by atoms with Crippen LogP contribution in [-0.4, -0.2) is 7.05 Å². The summed E-state index contributed by atoms with van der Waals surface area (Å²) in [5.41, 5.74) is 8.26. The Balaban J connectivity index is 3.25. The summed E-state index contributed by atoms with van der Waals surface area (Å²) in [5, 5.41) is 3.61. The van der Waals surface area contributed by atoms with Crippen molar-refractivity contribution >= 4 is 23.0 Å². The minimum absolute atomic E-state index is 0.671.